The van der Waals surface area contributed by atoms with Crippen LogP contribution in [0.15, 0.2) is 0 Å². The van der Waals surface area contributed by atoms with E-state index in [4.69, 9.17) is 0 Å². The van der Waals surface area contributed by atoms with E-state index in [0.717, 1.165) is 24.8 Å². The Balaban J connectivity index is 1.53. The van der Waals surface area contributed by atoms with Crippen molar-refractivity contribution >= 4 is 5.91 Å². The van der Waals surface area contributed by atoms with Crippen molar-refractivity contribution in [3.05, 3.63) is 0 Å². The van der Waals surface area contributed by atoms with Crippen molar-refractivity contribution in [3.8, 4) is 0 Å². The minimum atomic E-state index is 0.263. The molecule has 0 aromatic carbocycles. The van der Waals surface area contributed by atoms with Gasteiger partial charge in [0.25, 0.3) is 0 Å². The molecule has 0 radical (unpaired) electrons. The molecule has 0 N–H and O–H groups in total. The molecule has 2 heteroatoms. The van der Waals surface area contributed by atoms with Crippen molar-refractivity contribution in [1.29, 1.82) is 0 Å². The maximum Gasteiger partial charge on any atom is 0.225 e. The van der Waals surface area contributed by atoms with E-state index in [9.17, 15) is 4.79 Å². The fourth-order valence-corrected chi connectivity index (χ4v) is 4.69. The molecule has 1 aliphatic heterocycles. The lowest BCUT2D eigenvalue weighted by molar-refractivity contribution is -0.138. The molecular formula is C18H31NO. The molecule has 3 rings (SSSR count). The number of amides is 1. The largest absolute Gasteiger partial charge is 0.339 e. The van der Waals surface area contributed by atoms with Crippen molar-refractivity contribution in [2.24, 2.45) is 17.8 Å². The van der Waals surface area contributed by atoms with Crippen LogP contribution in [0.5, 0.6) is 0 Å². The second-order valence-corrected chi connectivity index (χ2v) is 7.57. The molecule has 3 fully saturated rings. The Morgan fingerprint density at radius 1 is 1.00 bits per heavy atom. The van der Waals surface area contributed by atoms with Gasteiger partial charge in [0.2, 0.25) is 5.91 Å². The van der Waals surface area contributed by atoms with Gasteiger partial charge in [0, 0.05) is 18.5 Å². The molecule has 0 aromatic rings. The zero-order valence-electron chi connectivity index (χ0n) is 13.2. The SMILES string of the molecule is C[C@@H](CC1CCCCC1)C(=O)N1CCC[C@H]1C1CCC1. The number of nitrogens with zero attached hydrogens (tertiary/aromatic N) is 1. The maximum absolute atomic E-state index is 12.8. The van der Waals surface area contributed by atoms with Crippen LogP contribution in [0, 0.1) is 17.8 Å². The molecule has 2 atom stereocenters. The standard InChI is InChI=1S/C18H31NO/c1-14(13-15-7-3-2-4-8-15)18(20)19-12-6-11-17(19)16-9-5-10-16/h14-17H,2-13H2,1H3/t14-,17-/m0/s1. The first-order valence-corrected chi connectivity index (χ1v) is 9.06. The van der Waals surface area contributed by atoms with E-state index in [2.05, 4.69) is 11.8 Å². The van der Waals surface area contributed by atoms with Gasteiger partial charge in [-0.25, -0.2) is 0 Å². The molecule has 1 saturated heterocycles. The van der Waals surface area contributed by atoms with E-state index in [-0.39, 0.29) is 5.92 Å². The first kappa shape index (κ1) is 14.4. The molecule has 1 heterocycles. The Hall–Kier alpha value is -0.530. The average Bonchev–Trinajstić information content (AvgIpc) is 2.86. The minimum absolute atomic E-state index is 0.263. The Morgan fingerprint density at radius 2 is 1.75 bits per heavy atom. The third-order valence-electron chi connectivity index (χ3n) is 6.11. The Kier molecular flexibility index (Phi) is 4.68. The molecule has 0 unspecified atom stereocenters. The van der Waals surface area contributed by atoms with Crippen LogP contribution in [0.1, 0.15) is 77.6 Å². The lowest BCUT2D eigenvalue weighted by atomic mass is 9.78. The smallest absolute Gasteiger partial charge is 0.225 e. The number of hydrogen-bond acceptors (Lipinski definition) is 1. The summed E-state index contributed by atoms with van der Waals surface area (Å²) < 4.78 is 0. The molecule has 0 aromatic heterocycles. The fraction of sp³-hybridized carbons (Fsp3) is 0.944. The molecule has 1 amide bonds. The van der Waals surface area contributed by atoms with Crippen LogP contribution in [-0.2, 0) is 4.79 Å². The quantitative estimate of drug-likeness (QED) is 0.746. The molecular weight excluding hydrogens is 246 g/mol. The molecule has 3 aliphatic rings. The number of carbonyl (C=O) groups is 1. The monoisotopic (exact) mass is 277 g/mol. The maximum atomic E-state index is 12.8. The van der Waals surface area contributed by atoms with Gasteiger partial charge in [-0.15, -0.1) is 0 Å². The van der Waals surface area contributed by atoms with Crippen LogP contribution in [0.4, 0.5) is 0 Å². The number of rotatable bonds is 4. The van der Waals surface area contributed by atoms with Gasteiger partial charge in [-0.2, -0.15) is 0 Å². The number of likely N-dealkylation sites (tertiary alicyclic amines) is 1. The Labute approximate surface area is 124 Å². The van der Waals surface area contributed by atoms with E-state index >= 15 is 0 Å². The van der Waals surface area contributed by atoms with Gasteiger partial charge < -0.3 is 4.90 Å². The third-order valence-corrected chi connectivity index (χ3v) is 6.11. The van der Waals surface area contributed by atoms with E-state index in [0.29, 0.717) is 11.9 Å². The fourth-order valence-electron chi connectivity index (χ4n) is 4.69. The molecule has 0 spiro atoms. The van der Waals surface area contributed by atoms with Crippen LogP contribution in [-0.4, -0.2) is 23.4 Å². The Bertz CT molecular complexity index is 330. The van der Waals surface area contributed by atoms with E-state index in [1.165, 1.54) is 64.2 Å². The lowest BCUT2D eigenvalue weighted by Crippen LogP contribution is -2.44. The predicted molar refractivity (Wildman–Crippen MR) is 82.4 cm³/mol. The second kappa shape index (κ2) is 6.49. The summed E-state index contributed by atoms with van der Waals surface area (Å²) >= 11 is 0. The normalized spacial score (nSPS) is 30.2. The summed E-state index contributed by atoms with van der Waals surface area (Å²) in [6.45, 7) is 3.22. The van der Waals surface area contributed by atoms with Gasteiger partial charge in [0.15, 0.2) is 0 Å². The van der Waals surface area contributed by atoms with Crippen LogP contribution >= 0.6 is 0 Å². The lowest BCUT2D eigenvalue weighted by Gasteiger charge is -2.38. The van der Waals surface area contributed by atoms with Gasteiger partial charge in [-0.3, -0.25) is 4.79 Å². The van der Waals surface area contributed by atoms with E-state index in [1.807, 2.05) is 0 Å². The second-order valence-electron chi connectivity index (χ2n) is 7.57. The molecule has 2 nitrogen and oxygen atoms in total. The van der Waals surface area contributed by atoms with Crippen molar-refractivity contribution < 1.29 is 4.79 Å². The van der Waals surface area contributed by atoms with Crippen LogP contribution in [0.3, 0.4) is 0 Å². The summed E-state index contributed by atoms with van der Waals surface area (Å²) in [5.74, 6) is 2.40. The third kappa shape index (κ3) is 3.04. The minimum Gasteiger partial charge on any atom is -0.339 e. The summed E-state index contributed by atoms with van der Waals surface area (Å²) in [5, 5.41) is 0. The van der Waals surface area contributed by atoms with Crippen molar-refractivity contribution in [2.75, 3.05) is 6.54 Å². The highest BCUT2D eigenvalue weighted by Gasteiger charge is 2.38. The summed E-state index contributed by atoms with van der Waals surface area (Å²) in [5.41, 5.74) is 0. The summed E-state index contributed by atoms with van der Waals surface area (Å²) in [6.07, 6.45) is 14.7. The first-order chi connectivity index (χ1) is 9.75. The molecule has 2 aliphatic carbocycles. The molecule has 20 heavy (non-hydrogen) atoms. The van der Waals surface area contributed by atoms with Crippen molar-refractivity contribution in [2.45, 2.75) is 83.6 Å². The predicted octanol–water partition coefficient (Wildman–Crippen LogP) is 4.38. The van der Waals surface area contributed by atoms with Gasteiger partial charge in [0.1, 0.15) is 0 Å². The summed E-state index contributed by atoms with van der Waals surface area (Å²) in [6, 6.07) is 0.602. The number of carbonyl (C=O) groups excluding carboxylic acids is 1. The van der Waals surface area contributed by atoms with Gasteiger partial charge in [-0.05, 0) is 43.9 Å². The first-order valence-electron chi connectivity index (χ1n) is 9.06. The van der Waals surface area contributed by atoms with Crippen LogP contribution < -0.4 is 0 Å². The Morgan fingerprint density at radius 3 is 2.40 bits per heavy atom. The molecule has 2 saturated carbocycles. The zero-order chi connectivity index (χ0) is 13.9. The summed E-state index contributed by atoms with van der Waals surface area (Å²) in [7, 11) is 0. The van der Waals surface area contributed by atoms with Crippen molar-refractivity contribution in [1.82, 2.24) is 4.90 Å². The topological polar surface area (TPSA) is 20.3 Å². The van der Waals surface area contributed by atoms with Gasteiger partial charge >= 0.3 is 0 Å². The van der Waals surface area contributed by atoms with Gasteiger partial charge in [-0.1, -0.05) is 45.4 Å². The molecule has 114 valence electrons. The van der Waals surface area contributed by atoms with E-state index in [1.54, 1.807) is 0 Å². The number of hydrogen-bond donors (Lipinski definition) is 0. The van der Waals surface area contributed by atoms with Crippen molar-refractivity contribution in [3.63, 3.8) is 0 Å². The highest BCUT2D eigenvalue weighted by Crippen LogP contribution is 2.38. The highest BCUT2D eigenvalue weighted by molar-refractivity contribution is 5.79. The molecule has 0 bridgehead atoms. The van der Waals surface area contributed by atoms with Gasteiger partial charge in [0.05, 0.1) is 0 Å². The van der Waals surface area contributed by atoms with E-state index < -0.39 is 0 Å². The zero-order valence-corrected chi connectivity index (χ0v) is 13.2. The van der Waals surface area contributed by atoms with Crippen LogP contribution in [0.2, 0.25) is 0 Å². The highest BCUT2D eigenvalue weighted by atomic mass is 16.2. The summed E-state index contributed by atoms with van der Waals surface area (Å²) in [4.78, 5) is 15.1. The van der Waals surface area contributed by atoms with Crippen LogP contribution in [0.25, 0.3) is 0 Å². The average molecular weight is 277 g/mol.